The van der Waals surface area contributed by atoms with Crippen LogP contribution in [-0.2, 0) is 9.47 Å². The van der Waals surface area contributed by atoms with E-state index < -0.39 is 0 Å². The number of benzene rings is 1. The Morgan fingerprint density at radius 3 is 2.68 bits per heavy atom. The van der Waals surface area contributed by atoms with Crippen LogP contribution in [0.2, 0.25) is 0 Å². The maximum absolute atomic E-state index is 11.8. The molecule has 1 aromatic carbocycles. The van der Waals surface area contributed by atoms with Gasteiger partial charge in [0, 0.05) is 23.6 Å². The summed E-state index contributed by atoms with van der Waals surface area (Å²) in [4.78, 5) is 11.8. The van der Waals surface area contributed by atoms with E-state index in [-0.39, 0.29) is 17.8 Å². The van der Waals surface area contributed by atoms with Crippen molar-refractivity contribution in [3.63, 3.8) is 0 Å². The van der Waals surface area contributed by atoms with Crippen LogP contribution in [0.4, 0.5) is 0 Å². The van der Waals surface area contributed by atoms with Gasteiger partial charge in [0.25, 0.3) is 5.91 Å². The lowest BCUT2D eigenvalue weighted by Crippen LogP contribution is -2.39. The Morgan fingerprint density at radius 2 is 2.06 bits per heavy atom. The monoisotopic (exact) mass is 426 g/mol. The number of hydrogen-bond acceptors (Lipinski definition) is 8. The first-order chi connectivity index (χ1) is 15.2. The molecule has 0 spiro atoms. The van der Waals surface area contributed by atoms with Crippen molar-refractivity contribution in [1.82, 2.24) is 20.7 Å². The third kappa shape index (κ3) is 5.77. The molecule has 1 atom stereocenters. The second-order valence-corrected chi connectivity index (χ2v) is 7.70. The molecule has 2 fully saturated rings. The Labute approximate surface area is 180 Å². The first kappa shape index (κ1) is 21.2. The quantitative estimate of drug-likeness (QED) is 0.612. The predicted molar refractivity (Wildman–Crippen MR) is 110 cm³/mol. The van der Waals surface area contributed by atoms with E-state index in [0.717, 1.165) is 31.6 Å². The highest BCUT2D eigenvalue weighted by atomic mass is 16.5. The van der Waals surface area contributed by atoms with Gasteiger partial charge in [0.05, 0.1) is 19.8 Å². The molecule has 9 heteroatoms. The van der Waals surface area contributed by atoms with Crippen molar-refractivity contribution in [3.05, 3.63) is 54.4 Å². The number of carbonyl (C=O) groups is 1. The maximum Gasteiger partial charge on any atom is 0.290 e. The fourth-order valence-corrected chi connectivity index (χ4v) is 3.03. The van der Waals surface area contributed by atoms with Crippen LogP contribution in [0.1, 0.15) is 48.7 Å². The second kappa shape index (κ2) is 10.3. The number of carbonyl (C=O) groups excluding carboxylic acids is 1. The van der Waals surface area contributed by atoms with Gasteiger partial charge in [-0.1, -0.05) is 35.5 Å². The summed E-state index contributed by atoms with van der Waals surface area (Å²) in [5.41, 5.74) is 1.64. The fourth-order valence-electron chi connectivity index (χ4n) is 3.03. The lowest BCUT2D eigenvalue weighted by Gasteiger charge is -2.26. The van der Waals surface area contributed by atoms with Crippen LogP contribution in [0.15, 0.2) is 51.7 Å². The smallest absolute Gasteiger partial charge is 0.290 e. The molecule has 9 nitrogen and oxygen atoms in total. The maximum atomic E-state index is 11.8. The van der Waals surface area contributed by atoms with Gasteiger partial charge < -0.3 is 23.7 Å². The minimum atomic E-state index is -0.172. The lowest BCUT2D eigenvalue weighted by atomic mass is 9.93. The van der Waals surface area contributed by atoms with Crippen LogP contribution in [0.25, 0.3) is 11.3 Å². The summed E-state index contributed by atoms with van der Waals surface area (Å²) in [6.45, 7) is 4.20. The van der Waals surface area contributed by atoms with Gasteiger partial charge in [-0.05, 0) is 26.2 Å². The second-order valence-electron chi connectivity index (χ2n) is 7.70. The normalized spacial score (nSPS) is 17.1. The summed E-state index contributed by atoms with van der Waals surface area (Å²) in [5, 5.41) is 14.2. The number of hydrogen-bond donors (Lipinski definition) is 1. The average Bonchev–Trinajstić information content (AvgIpc) is 3.43. The standard InChI is InChI=1S/C14H14N2O2.C8H12N2O3/c17-14(15-11-7-4-8-11)13-9-12(16-18-13)10-5-2-1-3-6-10;1-6(8-10-9-5-13-8)12-4-7-2-11-3-7/h1-3,5-6,9,11H,4,7-8H2,(H,15,17);5-7H,2-4H2,1H3. The molecule has 3 heterocycles. The molecule has 5 rings (SSSR count). The number of aromatic nitrogens is 3. The van der Waals surface area contributed by atoms with Crippen molar-refractivity contribution in [3.8, 4) is 11.3 Å². The van der Waals surface area contributed by atoms with E-state index in [0.29, 0.717) is 30.2 Å². The summed E-state index contributed by atoms with van der Waals surface area (Å²) in [7, 11) is 0. The molecular weight excluding hydrogens is 400 g/mol. The van der Waals surface area contributed by atoms with Crippen LogP contribution < -0.4 is 5.32 Å². The number of nitrogens with zero attached hydrogens (tertiary/aromatic N) is 3. The first-order valence-electron chi connectivity index (χ1n) is 10.5. The van der Waals surface area contributed by atoms with E-state index in [1.54, 1.807) is 6.07 Å². The van der Waals surface area contributed by atoms with Gasteiger partial charge in [-0.15, -0.1) is 10.2 Å². The van der Waals surface area contributed by atoms with Crippen molar-refractivity contribution in [1.29, 1.82) is 0 Å². The van der Waals surface area contributed by atoms with Crippen molar-refractivity contribution in [2.45, 2.75) is 38.3 Å². The highest BCUT2D eigenvalue weighted by molar-refractivity contribution is 5.92. The Morgan fingerprint density at radius 1 is 1.26 bits per heavy atom. The van der Waals surface area contributed by atoms with Gasteiger partial charge in [-0.25, -0.2) is 0 Å². The number of amides is 1. The molecule has 31 heavy (non-hydrogen) atoms. The molecule has 3 aromatic rings. The van der Waals surface area contributed by atoms with E-state index in [2.05, 4.69) is 20.7 Å². The molecular formula is C22H26N4O5. The topological polar surface area (TPSA) is 113 Å². The van der Waals surface area contributed by atoms with Crippen LogP contribution in [-0.4, -0.2) is 47.1 Å². The molecule has 1 saturated carbocycles. The van der Waals surface area contributed by atoms with Crippen molar-refractivity contribution in [2.24, 2.45) is 5.92 Å². The first-order valence-corrected chi connectivity index (χ1v) is 10.5. The van der Waals surface area contributed by atoms with Crippen LogP contribution in [0.3, 0.4) is 0 Å². The molecule has 1 N–H and O–H groups in total. The predicted octanol–water partition coefficient (Wildman–Crippen LogP) is 3.42. The van der Waals surface area contributed by atoms with E-state index in [4.69, 9.17) is 18.4 Å². The zero-order valence-electron chi connectivity index (χ0n) is 17.4. The highest BCUT2D eigenvalue weighted by Gasteiger charge is 2.23. The van der Waals surface area contributed by atoms with Gasteiger partial charge in [-0.3, -0.25) is 4.79 Å². The minimum Gasteiger partial charge on any atom is -0.425 e. The number of ether oxygens (including phenoxy) is 2. The molecule has 2 aliphatic rings. The zero-order chi connectivity index (χ0) is 21.5. The van der Waals surface area contributed by atoms with E-state index in [1.165, 1.54) is 12.8 Å². The molecule has 1 unspecified atom stereocenters. The zero-order valence-corrected chi connectivity index (χ0v) is 17.4. The lowest BCUT2D eigenvalue weighted by molar-refractivity contribution is -0.0885. The largest absolute Gasteiger partial charge is 0.425 e. The van der Waals surface area contributed by atoms with Gasteiger partial charge in [0.2, 0.25) is 18.0 Å². The summed E-state index contributed by atoms with van der Waals surface area (Å²) in [6.07, 6.45) is 4.50. The van der Waals surface area contributed by atoms with Gasteiger partial charge in [0.1, 0.15) is 11.8 Å². The average molecular weight is 426 g/mol. The Hall–Kier alpha value is -3.04. The molecule has 1 aliphatic carbocycles. The number of rotatable bonds is 7. The third-order valence-corrected chi connectivity index (χ3v) is 5.26. The molecule has 1 saturated heterocycles. The summed E-state index contributed by atoms with van der Waals surface area (Å²) < 4.78 is 20.6. The van der Waals surface area contributed by atoms with Gasteiger partial charge in [0.15, 0.2) is 0 Å². The number of nitrogens with one attached hydrogen (secondary N) is 1. The molecule has 2 aromatic heterocycles. The third-order valence-electron chi connectivity index (χ3n) is 5.26. The van der Waals surface area contributed by atoms with Gasteiger partial charge >= 0.3 is 0 Å². The van der Waals surface area contributed by atoms with E-state index in [9.17, 15) is 4.79 Å². The van der Waals surface area contributed by atoms with Crippen molar-refractivity contribution in [2.75, 3.05) is 19.8 Å². The molecule has 1 amide bonds. The van der Waals surface area contributed by atoms with Crippen LogP contribution in [0, 0.1) is 5.92 Å². The van der Waals surface area contributed by atoms with Crippen LogP contribution in [0.5, 0.6) is 0 Å². The Balaban J connectivity index is 0.000000158. The molecule has 1 aliphatic heterocycles. The van der Waals surface area contributed by atoms with Crippen LogP contribution >= 0.6 is 0 Å². The molecule has 0 radical (unpaired) electrons. The van der Waals surface area contributed by atoms with E-state index in [1.807, 2.05) is 37.3 Å². The van der Waals surface area contributed by atoms with E-state index >= 15 is 0 Å². The Kier molecular flexibility index (Phi) is 7.06. The molecule has 164 valence electrons. The summed E-state index contributed by atoms with van der Waals surface area (Å²) in [6, 6.07) is 11.7. The Bertz CT molecular complexity index is 936. The van der Waals surface area contributed by atoms with Crippen molar-refractivity contribution < 1.29 is 23.2 Å². The minimum absolute atomic E-state index is 0.122. The highest BCUT2D eigenvalue weighted by Crippen LogP contribution is 2.21. The van der Waals surface area contributed by atoms with Crippen molar-refractivity contribution >= 4 is 5.91 Å². The fraction of sp³-hybridized carbons (Fsp3) is 0.455. The summed E-state index contributed by atoms with van der Waals surface area (Å²) in [5.74, 6) is 1.17. The summed E-state index contributed by atoms with van der Waals surface area (Å²) >= 11 is 0. The van der Waals surface area contributed by atoms with Gasteiger partial charge in [-0.2, -0.15) is 0 Å². The SMILES string of the molecule is CC(OCC1COC1)c1nnco1.O=C(NC1CCC1)c1cc(-c2ccccc2)no1. The molecule has 0 bridgehead atoms.